The Morgan fingerprint density at radius 2 is 1.66 bits per heavy atom. The number of benzene rings is 1. The van der Waals surface area contributed by atoms with Crippen LogP contribution in [-0.2, 0) is 57.0 Å². The summed E-state index contributed by atoms with van der Waals surface area (Å²) in [6, 6.07) is 2.57. The number of carboxylic acid groups (broad SMARTS) is 1. The van der Waals surface area contributed by atoms with E-state index < -0.39 is 119 Å². The molecule has 1 aromatic heterocycles. The lowest BCUT2D eigenvalue weighted by molar-refractivity contribution is -0.318. The number of aliphatic hydroxyl groups excluding tert-OH is 1. The highest BCUT2D eigenvalue weighted by atomic mass is 35.5. The number of aromatic carboxylic acids is 1. The lowest BCUT2D eigenvalue weighted by Crippen LogP contribution is -2.61. The second kappa shape index (κ2) is 25.7. The quantitative estimate of drug-likeness (QED) is 0.0786. The van der Waals surface area contributed by atoms with Crippen molar-refractivity contribution in [2.45, 2.75) is 211 Å². The molecule has 5 heterocycles. The topological polar surface area (TPSA) is 262 Å². The number of carbonyl (C=O) groups is 4. The van der Waals surface area contributed by atoms with Crippen molar-refractivity contribution in [2.24, 2.45) is 17.8 Å². The Labute approximate surface area is 474 Å². The third kappa shape index (κ3) is 13.9. The van der Waals surface area contributed by atoms with Crippen LogP contribution < -0.4 is 10.7 Å². The molecule has 1 saturated carbocycles. The molecule has 0 amide bonds. The summed E-state index contributed by atoms with van der Waals surface area (Å²) in [7, 11) is 7.13. The van der Waals surface area contributed by atoms with E-state index >= 15 is 0 Å². The first-order valence-electron chi connectivity index (χ1n) is 28.2. The number of esters is 2. The highest BCUT2D eigenvalue weighted by Gasteiger charge is 2.58. The smallest absolute Gasteiger partial charge is 0.477 e. The maximum atomic E-state index is 14.8. The van der Waals surface area contributed by atoms with Crippen LogP contribution in [-0.4, -0.2) is 199 Å². The molecule has 1 aliphatic carbocycles. The van der Waals surface area contributed by atoms with Crippen molar-refractivity contribution >= 4 is 52.3 Å². The van der Waals surface area contributed by atoms with Crippen molar-refractivity contribution in [3.8, 4) is 0 Å². The third-order valence-corrected chi connectivity index (χ3v) is 17.5. The predicted molar refractivity (Wildman–Crippen MR) is 294 cm³/mol. The summed E-state index contributed by atoms with van der Waals surface area (Å²) in [6.45, 7) is 18.8. The number of nitrogens with one attached hydrogen (secondary N) is 1. The molecule has 4 N–H and O–H groups in total. The maximum Gasteiger partial charge on any atom is 0.509 e. The fraction of sp³-hybridized carbons (Fsp3) is 0.772. The van der Waals surface area contributed by atoms with E-state index in [2.05, 4.69) is 5.32 Å². The van der Waals surface area contributed by atoms with E-state index in [0.717, 1.165) is 12.8 Å². The molecule has 22 nitrogen and oxygen atoms in total. The van der Waals surface area contributed by atoms with Gasteiger partial charge in [-0.2, -0.15) is 0 Å². The fourth-order valence-corrected chi connectivity index (χ4v) is 12.8. The van der Waals surface area contributed by atoms with Crippen LogP contribution in [0.2, 0.25) is 5.02 Å². The zero-order chi connectivity index (χ0) is 58.9. The Kier molecular flexibility index (Phi) is 20.4. The standard InChI is InChI=1S/C57H87ClN4O18/c1-15-42-57(10)49(79-54(69)80-57)33(6)61(13)27-29(2)25-55(8,70)48(78-53-46(65)41(60(11)12)22-30(3)73-53)31(4)47(32(5)52(68)75-42)77-44-26-56(9,71-14)50(34(7)74-44)76-43(63)18-20-72-21-19-59-39-23-36-40(24-38(39)58)62(35-16-17-35)28-37(45(36)64)51(66)67/h23-24,28-35,41-42,44,46-50,53,59,65,70H,15-22,25-27H2,1-14H3,(H,66,67)/t29-,30-,31+,32-,33-,34+,41+,42-,44+,46-,47+,48-,49-,50+,53+,55-,56-,57+/m1/s1. The highest BCUT2D eigenvalue weighted by molar-refractivity contribution is 6.34. The molecule has 450 valence electrons. The molecule has 0 spiro atoms. The molecule has 0 unspecified atom stereocenters. The van der Waals surface area contributed by atoms with Crippen molar-refractivity contribution in [1.82, 2.24) is 14.4 Å². The molecule has 0 radical (unpaired) electrons. The molecule has 4 saturated heterocycles. The first kappa shape index (κ1) is 63.4. The lowest BCUT2D eigenvalue weighted by atomic mass is 9.77. The van der Waals surface area contributed by atoms with Crippen molar-refractivity contribution < 1.29 is 81.9 Å². The van der Waals surface area contributed by atoms with Crippen LogP contribution in [0.1, 0.15) is 131 Å². The van der Waals surface area contributed by atoms with Gasteiger partial charge in [-0.25, -0.2) is 9.59 Å². The molecule has 1 aromatic carbocycles. The van der Waals surface area contributed by atoms with Crippen LogP contribution in [0.4, 0.5) is 10.5 Å². The number of cyclic esters (lactones) is 1. The lowest BCUT2D eigenvalue weighted by Gasteiger charge is -2.49. The second-order valence-corrected chi connectivity index (χ2v) is 24.4. The van der Waals surface area contributed by atoms with Gasteiger partial charge in [0.2, 0.25) is 5.43 Å². The van der Waals surface area contributed by atoms with E-state index in [1.165, 1.54) is 13.3 Å². The Morgan fingerprint density at radius 1 is 0.963 bits per heavy atom. The molecule has 5 fully saturated rings. The second-order valence-electron chi connectivity index (χ2n) is 24.0. The van der Waals surface area contributed by atoms with Crippen LogP contribution in [0.5, 0.6) is 0 Å². The monoisotopic (exact) mass is 1150 g/mol. The average Bonchev–Trinajstić information content (AvgIpc) is 4.35. The minimum absolute atomic E-state index is 0.00170. The summed E-state index contributed by atoms with van der Waals surface area (Å²) >= 11 is 6.63. The number of fused-ring (bicyclic) bond motifs is 2. The van der Waals surface area contributed by atoms with Crippen LogP contribution in [0, 0.1) is 17.8 Å². The van der Waals surface area contributed by atoms with Gasteiger partial charge in [-0.1, -0.05) is 32.4 Å². The Balaban J connectivity index is 1.07. The van der Waals surface area contributed by atoms with Gasteiger partial charge in [0.25, 0.3) is 0 Å². The van der Waals surface area contributed by atoms with Gasteiger partial charge in [-0.3, -0.25) is 19.3 Å². The van der Waals surface area contributed by atoms with Gasteiger partial charge in [0, 0.05) is 62.2 Å². The SMILES string of the molecule is CC[C@H]1OC(=O)[C@H](C)[C@@H](O[C@H]2C[C@@](C)(OC)[C@@H](OC(=O)CCOCCNc3cc4c(=O)c(C(=O)O)cn(C5CC5)c4cc3Cl)[C@H](C)O2)[C@H](C)[C@@H](O[C@@H]2O[C@H](C)C[C@H](N(C)C)[C@H]2O)[C@](C)(O)C[C@@H](C)CN(C)[C@H](C)[C@H]2OC(=O)O[C@]21C. The Hall–Kier alpha value is -4.20. The van der Waals surface area contributed by atoms with E-state index in [4.69, 9.17) is 59.0 Å². The molecule has 5 aliphatic rings. The first-order chi connectivity index (χ1) is 37.5. The van der Waals surface area contributed by atoms with Gasteiger partial charge in [0.15, 0.2) is 30.4 Å². The number of ether oxygens (including phenoxy) is 10. The summed E-state index contributed by atoms with van der Waals surface area (Å²) in [5.41, 5.74) is -4.13. The number of hydrogen-bond donors (Lipinski definition) is 4. The van der Waals surface area contributed by atoms with Crippen LogP contribution in [0.15, 0.2) is 23.1 Å². The number of carbonyl (C=O) groups excluding carboxylic acids is 3. The van der Waals surface area contributed by atoms with Crippen molar-refractivity contribution in [3.05, 3.63) is 39.1 Å². The molecule has 4 aliphatic heterocycles. The number of carboxylic acids is 1. The van der Waals surface area contributed by atoms with Crippen molar-refractivity contribution in [3.63, 3.8) is 0 Å². The van der Waals surface area contributed by atoms with Crippen LogP contribution >= 0.6 is 11.6 Å². The predicted octanol–water partition coefficient (Wildman–Crippen LogP) is 6.15. The third-order valence-electron chi connectivity index (χ3n) is 17.2. The van der Waals surface area contributed by atoms with Gasteiger partial charge in [-0.05, 0) is 120 Å². The molecule has 2 aromatic rings. The zero-order valence-electron chi connectivity index (χ0n) is 48.9. The molecule has 80 heavy (non-hydrogen) atoms. The molecule has 23 heteroatoms. The highest BCUT2D eigenvalue weighted by Crippen LogP contribution is 2.43. The normalized spacial score (nSPS) is 37.7. The molecule has 7 rings (SSSR count). The van der Waals surface area contributed by atoms with Crippen molar-refractivity contribution in [2.75, 3.05) is 59.9 Å². The minimum atomic E-state index is -1.64. The number of rotatable bonds is 17. The number of aromatic nitrogens is 1. The van der Waals surface area contributed by atoms with Gasteiger partial charge in [-0.15, -0.1) is 0 Å². The number of halogens is 1. The van der Waals surface area contributed by atoms with Gasteiger partial charge in [0.1, 0.15) is 23.4 Å². The minimum Gasteiger partial charge on any atom is -0.477 e. The molecule has 0 bridgehead atoms. The summed E-state index contributed by atoms with van der Waals surface area (Å²) < 4.78 is 64.5. The molecule has 18 atom stereocenters. The zero-order valence-corrected chi connectivity index (χ0v) is 49.7. The van der Waals surface area contributed by atoms with E-state index in [9.17, 15) is 39.3 Å². The van der Waals surface area contributed by atoms with Crippen molar-refractivity contribution in [1.29, 1.82) is 0 Å². The summed E-state index contributed by atoms with van der Waals surface area (Å²) in [6.07, 6.45) is -6.31. The summed E-state index contributed by atoms with van der Waals surface area (Å²) in [4.78, 5) is 70.3. The summed E-state index contributed by atoms with van der Waals surface area (Å²) in [5.74, 6) is -4.69. The first-order valence-corrected chi connectivity index (χ1v) is 28.6. The Morgan fingerprint density at radius 3 is 2.30 bits per heavy atom. The molecular formula is C57H87ClN4O18. The van der Waals surface area contributed by atoms with Crippen LogP contribution in [0.3, 0.4) is 0 Å². The number of pyridine rings is 1. The maximum absolute atomic E-state index is 14.8. The van der Waals surface area contributed by atoms with Gasteiger partial charge in [0.05, 0.1) is 71.8 Å². The number of anilines is 1. The van der Waals surface area contributed by atoms with E-state index in [1.807, 2.05) is 65.6 Å². The number of hydrogen-bond acceptors (Lipinski definition) is 20. The van der Waals surface area contributed by atoms with E-state index in [1.54, 1.807) is 51.3 Å². The average molecular weight is 1150 g/mol. The van der Waals surface area contributed by atoms with Gasteiger partial charge >= 0.3 is 24.1 Å². The van der Waals surface area contributed by atoms with E-state index in [0.29, 0.717) is 29.2 Å². The van der Waals surface area contributed by atoms with Crippen LogP contribution in [0.25, 0.3) is 10.9 Å². The number of methoxy groups -OCH3 is 1. The van der Waals surface area contributed by atoms with E-state index in [-0.39, 0.29) is 80.5 Å². The largest absolute Gasteiger partial charge is 0.509 e. The number of likely N-dealkylation sites (N-methyl/N-ethyl adjacent to an activating group) is 2. The Bertz CT molecular complexity index is 2580. The molecular weight excluding hydrogens is 1060 g/mol. The fourth-order valence-electron chi connectivity index (χ4n) is 12.6. The number of aliphatic hydroxyl groups is 2. The number of nitrogens with zero attached hydrogens (tertiary/aromatic N) is 3. The summed E-state index contributed by atoms with van der Waals surface area (Å²) in [5, 5.41) is 38.1. The van der Waals surface area contributed by atoms with Gasteiger partial charge < -0.3 is 77.5 Å².